The maximum absolute atomic E-state index is 12.7. The molecule has 2 rings (SSSR count). The van der Waals surface area contributed by atoms with Crippen LogP contribution in [0.2, 0.25) is 0 Å². The Morgan fingerprint density at radius 2 is 2.00 bits per heavy atom. The number of rotatable bonds is 2. The molecule has 82 valence electrons. The van der Waals surface area contributed by atoms with Gasteiger partial charge in [0.1, 0.15) is 17.3 Å². The second-order valence-electron chi connectivity index (χ2n) is 3.22. The molecule has 0 aliphatic carbocycles. The maximum Gasteiger partial charge on any atom is 0.226 e. The van der Waals surface area contributed by atoms with Crippen molar-refractivity contribution in [3.63, 3.8) is 0 Å². The Labute approximate surface area is 90.4 Å². The molecule has 0 saturated carbocycles. The zero-order valence-corrected chi connectivity index (χ0v) is 8.36. The summed E-state index contributed by atoms with van der Waals surface area (Å²) >= 11 is 0. The van der Waals surface area contributed by atoms with E-state index in [2.05, 4.69) is 4.98 Å². The van der Waals surface area contributed by atoms with E-state index in [0.29, 0.717) is 5.56 Å². The SMILES string of the molecule is Cc1oc(-c2ccc(F)cc2)nc1C(=O)[O-]. The topological polar surface area (TPSA) is 66.2 Å². The van der Waals surface area contributed by atoms with E-state index in [1.807, 2.05) is 0 Å². The molecular weight excluding hydrogens is 213 g/mol. The van der Waals surface area contributed by atoms with Gasteiger partial charge in [-0.05, 0) is 31.2 Å². The van der Waals surface area contributed by atoms with Gasteiger partial charge in [-0.15, -0.1) is 0 Å². The molecule has 0 atom stereocenters. The number of oxazole rings is 1. The molecule has 1 aromatic carbocycles. The maximum atomic E-state index is 12.7. The molecule has 0 fully saturated rings. The monoisotopic (exact) mass is 220 g/mol. The molecule has 0 bridgehead atoms. The lowest BCUT2D eigenvalue weighted by atomic mass is 10.2. The van der Waals surface area contributed by atoms with Crippen LogP contribution in [0.25, 0.3) is 11.5 Å². The van der Waals surface area contributed by atoms with Crippen molar-refractivity contribution in [1.29, 1.82) is 0 Å². The predicted molar refractivity (Wildman–Crippen MR) is 51.0 cm³/mol. The smallest absolute Gasteiger partial charge is 0.226 e. The molecule has 1 heterocycles. The number of aromatic carboxylic acids is 1. The summed E-state index contributed by atoms with van der Waals surface area (Å²) in [6, 6.07) is 5.40. The molecular formula is C11H7FNO3-. The molecule has 1 aromatic heterocycles. The number of hydrogen-bond acceptors (Lipinski definition) is 4. The molecule has 0 aliphatic rings. The highest BCUT2D eigenvalue weighted by Crippen LogP contribution is 2.21. The summed E-state index contributed by atoms with van der Waals surface area (Å²) in [6.45, 7) is 1.48. The number of carboxylic acid groups (broad SMARTS) is 1. The fraction of sp³-hybridized carbons (Fsp3) is 0.0909. The van der Waals surface area contributed by atoms with Crippen molar-refractivity contribution in [1.82, 2.24) is 4.98 Å². The van der Waals surface area contributed by atoms with Gasteiger partial charge in [0.2, 0.25) is 5.89 Å². The number of carboxylic acids is 1. The van der Waals surface area contributed by atoms with Crippen LogP contribution in [0.15, 0.2) is 28.7 Å². The first kappa shape index (κ1) is 10.4. The number of benzene rings is 1. The Morgan fingerprint density at radius 3 is 2.50 bits per heavy atom. The van der Waals surface area contributed by atoms with Gasteiger partial charge in [-0.2, -0.15) is 0 Å². The van der Waals surface area contributed by atoms with Gasteiger partial charge in [0, 0.05) is 5.56 Å². The van der Waals surface area contributed by atoms with Crippen molar-refractivity contribution < 1.29 is 18.7 Å². The summed E-state index contributed by atoms with van der Waals surface area (Å²) in [7, 11) is 0. The Balaban J connectivity index is 2.45. The summed E-state index contributed by atoms with van der Waals surface area (Å²) in [4.78, 5) is 14.4. The number of halogens is 1. The van der Waals surface area contributed by atoms with Crippen LogP contribution in [-0.2, 0) is 0 Å². The van der Waals surface area contributed by atoms with Gasteiger partial charge < -0.3 is 14.3 Å². The molecule has 0 spiro atoms. The zero-order valence-electron chi connectivity index (χ0n) is 8.36. The lowest BCUT2D eigenvalue weighted by molar-refractivity contribution is -0.255. The minimum absolute atomic E-state index is 0.136. The first-order valence-electron chi connectivity index (χ1n) is 4.52. The number of nitrogens with zero attached hydrogens (tertiary/aromatic N) is 1. The molecule has 0 saturated heterocycles. The Bertz CT molecular complexity index is 531. The number of aryl methyl sites for hydroxylation is 1. The van der Waals surface area contributed by atoms with E-state index >= 15 is 0 Å². The molecule has 16 heavy (non-hydrogen) atoms. The molecule has 2 aromatic rings. The third-order valence-corrected chi connectivity index (χ3v) is 2.08. The Kier molecular flexibility index (Phi) is 2.44. The number of hydrogen-bond donors (Lipinski definition) is 0. The van der Waals surface area contributed by atoms with E-state index in [0.717, 1.165) is 0 Å². The van der Waals surface area contributed by atoms with Gasteiger partial charge in [0.25, 0.3) is 0 Å². The average Bonchev–Trinajstić information content (AvgIpc) is 2.61. The minimum Gasteiger partial charge on any atom is -0.543 e. The molecule has 5 heteroatoms. The Hall–Kier alpha value is -2.17. The van der Waals surface area contributed by atoms with E-state index in [-0.39, 0.29) is 23.2 Å². The lowest BCUT2D eigenvalue weighted by Crippen LogP contribution is -2.23. The lowest BCUT2D eigenvalue weighted by Gasteiger charge is -1.94. The van der Waals surface area contributed by atoms with Gasteiger partial charge in [-0.1, -0.05) is 0 Å². The number of carbonyl (C=O) groups is 1. The molecule has 0 aliphatic heterocycles. The van der Waals surface area contributed by atoms with Crippen molar-refractivity contribution in [3.8, 4) is 11.5 Å². The summed E-state index contributed by atoms with van der Waals surface area (Å²) in [5.41, 5.74) is 0.274. The van der Waals surface area contributed by atoms with Crippen molar-refractivity contribution in [2.75, 3.05) is 0 Å². The Morgan fingerprint density at radius 1 is 1.38 bits per heavy atom. The quantitative estimate of drug-likeness (QED) is 0.761. The fourth-order valence-electron chi connectivity index (χ4n) is 1.30. The second-order valence-corrected chi connectivity index (χ2v) is 3.22. The van der Waals surface area contributed by atoms with Crippen molar-refractivity contribution >= 4 is 5.97 Å². The van der Waals surface area contributed by atoms with E-state index in [1.165, 1.54) is 31.2 Å². The summed E-state index contributed by atoms with van der Waals surface area (Å²) in [5.74, 6) is -1.47. The number of aromatic nitrogens is 1. The van der Waals surface area contributed by atoms with Gasteiger partial charge >= 0.3 is 0 Å². The molecule has 0 radical (unpaired) electrons. The normalized spacial score (nSPS) is 10.4. The highest BCUT2D eigenvalue weighted by Gasteiger charge is 2.11. The van der Waals surface area contributed by atoms with Crippen LogP contribution in [0.1, 0.15) is 16.2 Å². The molecule has 0 unspecified atom stereocenters. The van der Waals surface area contributed by atoms with Crippen LogP contribution in [0.4, 0.5) is 4.39 Å². The van der Waals surface area contributed by atoms with E-state index in [1.54, 1.807) is 0 Å². The third kappa shape index (κ3) is 1.79. The van der Waals surface area contributed by atoms with Crippen LogP contribution in [0, 0.1) is 12.7 Å². The fourth-order valence-corrected chi connectivity index (χ4v) is 1.30. The average molecular weight is 220 g/mol. The largest absolute Gasteiger partial charge is 0.543 e. The first-order chi connectivity index (χ1) is 7.58. The molecule has 4 nitrogen and oxygen atoms in total. The summed E-state index contributed by atoms with van der Waals surface area (Å²) in [6.07, 6.45) is 0. The van der Waals surface area contributed by atoms with E-state index in [9.17, 15) is 14.3 Å². The second kappa shape index (κ2) is 3.77. The van der Waals surface area contributed by atoms with Crippen LogP contribution < -0.4 is 5.11 Å². The van der Waals surface area contributed by atoms with Gasteiger partial charge in [-0.3, -0.25) is 0 Å². The van der Waals surface area contributed by atoms with Crippen molar-refractivity contribution in [3.05, 3.63) is 41.5 Å². The van der Waals surface area contributed by atoms with Crippen molar-refractivity contribution in [2.24, 2.45) is 0 Å². The minimum atomic E-state index is -1.39. The van der Waals surface area contributed by atoms with Crippen LogP contribution >= 0.6 is 0 Å². The molecule has 0 N–H and O–H groups in total. The van der Waals surface area contributed by atoms with Crippen LogP contribution in [0.3, 0.4) is 0 Å². The van der Waals surface area contributed by atoms with E-state index in [4.69, 9.17) is 4.42 Å². The van der Waals surface area contributed by atoms with Gasteiger partial charge in [-0.25, -0.2) is 9.37 Å². The standard InChI is InChI=1S/C11H8FNO3/c1-6-9(11(14)15)13-10(16-6)7-2-4-8(12)5-3-7/h2-5H,1H3,(H,14,15)/p-1. The summed E-state index contributed by atoms with van der Waals surface area (Å²) in [5, 5.41) is 10.6. The van der Waals surface area contributed by atoms with Crippen molar-refractivity contribution in [2.45, 2.75) is 6.92 Å². The highest BCUT2D eigenvalue weighted by molar-refractivity contribution is 5.85. The zero-order chi connectivity index (χ0) is 11.7. The highest BCUT2D eigenvalue weighted by atomic mass is 19.1. The van der Waals surface area contributed by atoms with Gasteiger partial charge in [0.15, 0.2) is 0 Å². The summed E-state index contributed by atoms with van der Waals surface area (Å²) < 4.78 is 17.8. The first-order valence-corrected chi connectivity index (χ1v) is 4.52. The third-order valence-electron chi connectivity index (χ3n) is 2.08. The van der Waals surface area contributed by atoms with E-state index < -0.39 is 5.97 Å². The van der Waals surface area contributed by atoms with Gasteiger partial charge in [0.05, 0.1) is 5.97 Å². The predicted octanol–water partition coefficient (Wildman–Crippen LogP) is 1.15. The number of carbonyl (C=O) groups excluding carboxylic acids is 1. The van der Waals surface area contributed by atoms with Crippen LogP contribution in [0.5, 0.6) is 0 Å². The molecule has 0 amide bonds. The van der Waals surface area contributed by atoms with Crippen LogP contribution in [-0.4, -0.2) is 11.0 Å².